The number of anilines is 1. The molecule has 0 aromatic heterocycles. The largest absolute Gasteiger partial charge is 0.395 e. The summed E-state index contributed by atoms with van der Waals surface area (Å²) >= 11 is 0. The van der Waals surface area contributed by atoms with Gasteiger partial charge in [-0.05, 0) is 79.8 Å². The Kier molecular flexibility index (Phi) is 10.1. The number of nitro benzene ring substituents is 1. The molecule has 1 saturated heterocycles. The van der Waals surface area contributed by atoms with Gasteiger partial charge >= 0.3 is 0 Å². The second-order valence-corrected chi connectivity index (χ2v) is 10.7. The highest BCUT2D eigenvalue weighted by Gasteiger charge is 2.28. The number of rotatable bonds is 11. The van der Waals surface area contributed by atoms with Crippen molar-refractivity contribution in [1.82, 2.24) is 9.80 Å². The van der Waals surface area contributed by atoms with E-state index in [2.05, 4.69) is 10.2 Å². The molecule has 41 heavy (non-hydrogen) atoms. The Hall–Kier alpha value is -3.73. The van der Waals surface area contributed by atoms with E-state index in [1.807, 2.05) is 4.90 Å². The number of halogens is 2. The van der Waals surface area contributed by atoms with Gasteiger partial charge in [-0.3, -0.25) is 19.8 Å². The molecule has 0 aliphatic carbocycles. The predicted molar refractivity (Wildman–Crippen MR) is 154 cm³/mol. The standard InChI is InChI=1S/C31H36F2N4O4/c1-21-16-27(37(40)41)17-22(2)31(21)34-30(39)19-36-15-14-35(18-28(36)20-38)13-3-4-29(23-5-9-25(32)10-6-23)24-7-11-26(33)12-8-24/h5-12,16-17,28-29,38H,3-4,13-15,18-20H2,1-2H3,(H,34,39). The maximum atomic E-state index is 13.5. The van der Waals surface area contributed by atoms with Gasteiger partial charge in [-0.2, -0.15) is 0 Å². The number of nitrogens with one attached hydrogen (secondary N) is 1. The Bertz CT molecular complexity index is 1280. The summed E-state index contributed by atoms with van der Waals surface area (Å²) in [4.78, 5) is 27.8. The van der Waals surface area contributed by atoms with E-state index in [1.165, 1.54) is 36.4 Å². The summed E-state index contributed by atoms with van der Waals surface area (Å²) < 4.78 is 27.1. The molecular formula is C31H36F2N4O4. The highest BCUT2D eigenvalue weighted by atomic mass is 19.1. The molecule has 1 aliphatic heterocycles. The molecule has 1 atom stereocenters. The number of carbonyl (C=O) groups excluding carboxylic acids is 1. The van der Waals surface area contributed by atoms with Crippen molar-refractivity contribution < 1.29 is 23.6 Å². The molecule has 0 bridgehead atoms. The first kappa shape index (κ1) is 30.2. The van der Waals surface area contributed by atoms with E-state index >= 15 is 0 Å². The summed E-state index contributed by atoms with van der Waals surface area (Å²) in [5, 5.41) is 24.1. The Morgan fingerprint density at radius 1 is 1.02 bits per heavy atom. The third-order valence-corrected chi connectivity index (χ3v) is 7.75. The number of aryl methyl sites for hydroxylation is 2. The van der Waals surface area contributed by atoms with Crippen LogP contribution in [-0.2, 0) is 4.79 Å². The number of nitrogens with zero attached hydrogens (tertiary/aromatic N) is 3. The molecule has 1 fully saturated rings. The van der Waals surface area contributed by atoms with Crippen molar-refractivity contribution in [2.75, 3.05) is 44.6 Å². The first-order valence-electron chi connectivity index (χ1n) is 13.8. The minimum absolute atomic E-state index is 0.00107. The molecule has 2 N–H and O–H groups in total. The summed E-state index contributed by atoms with van der Waals surface area (Å²) in [5.41, 5.74) is 3.73. The highest BCUT2D eigenvalue weighted by Crippen LogP contribution is 2.30. The average Bonchev–Trinajstić information content (AvgIpc) is 2.95. The second kappa shape index (κ2) is 13.8. The number of hydrogen-bond donors (Lipinski definition) is 2. The van der Waals surface area contributed by atoms with Gasteiger partial charge in [0.2, 0.25) is 5.91 Å². The lowest BCUT2D eigenvalue weighted by atomic mass is 9.87. The summed E-state index contributed by atoms with van der Waals surface area (Å²) in [6.07, 6.45) is 1.63. The van der Waals surface area contributed by atoms with Crippen molar-refractivity contribution in [3.8, 4) is 0 Å². The van der Waals surface area contributed by atoms with E-state index in [9.17, 15) is 28.8 Å². The van der Waals surface area contributed by atoms with E-state index in [1.54, 1.807) is 38.1 Å². The minimum atomic E-state index is -0.456. The van der Waals surface area contributed by atoms with Gasteiger partial charge in [-0.25, -0.2) is 8.78 Å². The number of non-ortho nitro benzene ring substituents is 1. The number of carbonyl (C=O) groups is 1. The van der Waals surface area contributed by atoms with E-state index in [0.717, 1.165) is 37.1 Å². The van der Waals surface area contributed by atoms with Crippen LogP contribution >= 0.6 is 0 Å². The molecule has 4 rings (SSSR count). The van der Waals surface area contributed by atoms with E-state index in [0.29, 0.717) is 29.9 Å². The van der Waals surface area contributed by atoms with Crippen molar-refractivity contribution in [3.63, 3.8) is 0 Å². The van der Waals surface area contributed by atoms with Gasteiger partial charge in [0.05, 0.1) is 18.1 Å². The normalized spacial score (nSPS) is 16.2. The Labute approximate surface area is 238 Å². The van der Waals surface area contributed by atoms with Crippen molar-refractivity contribution in [2.45, 2.75) is 38.6 Å². The molecule has 0 saturated carbocycles. The lowest BCUT2D eigenvalue weighted by Gasteiger charge is -2.40. The average molecular weight is 567 g/mol. The zero-order valence-corrected chi connectivity index (χ0v) is 23.4. The van der Waals surface area contributed by atoms with Gasteiger partial charge in [0.15, 0.2) is 0 Å². The summed E-state index contributed by atoms with van der Waals surface area (Å²) in [6, 6.07) is 15.5. The smallest absolute Gasteiger partial charge is 0.270 e. The van der Waals surface area contributed by atoms with Crippen molar-refractivity contribution in [2.24, 2.45) is 0 Å². The lowest BCUT2D eigenvalue weighted by Crippen LogP contribution is -2.56. The van der Waals surface area contributed by atoms with Gasteiger partial charge in [-0.1, -0.05) is 24.3 Å². The number of hydrogen-bond acceptors (Lipinski definition) is 6. The highest BCUT2D eigenvalue weighted by molar-refractivity contribution is 5.94. The van der Waals surface area contributed by atoms with Crippen LogP contribution in [0.25, 0.3) is 0 Å². The van der Waals surface area contributed by atoms with Gasteiger partial charge in [0, 0.05) is 49.4 Å². The molecule has 1 amide bonds. The molecule has 8 nitrogen and oxygen atoms in total. The maximum absolute atomic E-state index is 13.5. The van der Waals surface area contributed by atoms with Crippen molar-refractivity contribution in [3.05, 3.63) is 105 Å². The molecular weight excluding hydrogens is 530 g/mol. The van der Waals surface area contributed by atoms with E-state index in [4.69, 9.17) is 0 Å². The molecule has 0 spiro atoms. The van der Waals surface area contributed by atoms with Crippen LogP contribution in [0, 0.1) is 35.6 Å². The Morgan fingerprint density at radius 2 is 1.59 bits per heavy atom. The number of benzene rings is 3. The summed E-state index contributed by atoms with van der Waals surface area (Å²) in [7, 11) is 0. The van der Waals surface area contributed by atoms with Crippen molar-refractivity contribution >= 4 is 17.3 Å². The lowest BCUT2D eigenvalue weighted by molar-refractivity contribution is -0.384. The molecule has 10 heteroatoms. The van der Waals surface area contributed by atoms with Crippen molar-refractivity contribution in [1.29, 1.82) is 0 Å². The fourth-order valence-corrected chi connectivity index (χ4v) is 5.58. The second-order valence-electron chi connectivity index (χ2n) is 10.7. The number of nitro groups is 1. The molecule has 3 aromatic rings. The van der Waals surface area contributed by atoms with Crippen LogP contribution in [-0.4, -0.2) is 71.1 Å². The first-order valence-corrected chi connectivity index (χ1v) is 13.8. The molecule has 1 heterocycles. The monoisotopic (exact) mass is 566 g/mol. The summed E-state index contributed by atoms with van der Waals surface area (Å²) in [6.45, 7) is 6.20. The van der Waals surface area contributed by atoms with Crippen LogP contribution in [0.2, 0.25) is 0 Å². The fraction of sp³-hybridized carbons (Fsp3) is 0.387. The van der Waals surface area contributed by atoms with Crippen LogP contribution in [0.3, 0.4) is 0 Å². The Balaban J connectivity index is 1.32. The van der Waals surface area contributed by atoms with E-state index in [-0.39, 0.29) is 48.3 Å². The van der Waals surface area contributed by atoms with Gasteiger partial charge < -0.3 is 15.3 Å². The third-order valence-electron chi connectivity index (χ3n) is 7.75. The van der Waals surface area contributed by atoms with Gasteiger partial charge in [0.1, 0.15) is 11.6 Å². The topological polar surface area (TPSA) is 99.0 Å². The summed E-state index contributed by atoms with van der Waals surface area (Å²) in [5.74, 6) is -0.836. The van der Waals surface area contributed by atoms with Crippen LogP contribution in [0.15, 0.2) is 60.7 Å². The van der Waals surface area contributed by atoms with Gasteiger partial charge in [-0.15, -0.1) is 0 Å². The van der Waals surface area contributed by atoms with Crippen LogP contribution < -0.4 is 5.32 Å². The molecule has 218 valence electrons. The zero-order valence-electron chi connectivity index (χ0n) is 23.4. The number of piperazine rings is 1. The predicted octanol–water partition coefficient (Wildman–Crippen LogP) is 5.02. The Morgan fingerprint density at radius 3 is 2.10 bits per heavy atom. The van der Waals surface area contributed by atoms with Crippen LogP contribution in [0.5, 0.6) is 0 Å². The maximum Gasteiger partial charge on any atom is 0.270 e. The van der Waals surface area contributed by atoms with Crippen LogP contribution in [0.1, 0.15) is 41.0 Å². The first-order chi connectivity index (χ1) is 19.6. The zero-order chi connectivity index (χ0) is 29.5. The minimum Gasteiger partial charge on any atom is -0.395 e. The van der Waals surface area contributed by atoms with Gasteiger partial charge in [0.25, 0.3) is 5.69 Å². The number of aliphatic hydroxyl groups is 1. The molecule has 1 aliphatic rings. The third kappa shape index (κ3) is 7.93. The number of amides is 1. The molecule has 1 unspecified atom stereocenters. The fourth-order valence-electron chi connectivity index (χ4n) is 5.58. The quantitative estimate of drug-likeness (QED) is 0.250. The van der Waals surface area contributed by atoms with E-state index < -0.39 is 4.92 Å². The van der Waals surface area contributed by atoms with Crippen LogP contribution in [0.4, 0.5) is 20.2 Å². The number of aliphatic hydroxyl groups excluding tert-OH is 1. The SMILES string of the molecule is Cc1cc([N+](=O)[O-])cc(C)c1NC(=O)CN1CCN(CCCC(c2ccc(F)cc2)c2ccc(F)cc2)CC1CO. The molecule has 0 radical (unpaired) electrons. The molecule has 3 aromatic carbocycles.